The highest BCUT2D eigenvalue weighted by Crippen LogP contribution is 2.46. The van der Waals surface area contributed by atoms with Gasteiger partial charge in [-0.05, 0) is 72.4 Å². The molecule has 0 spiro atoms. The van der Waals surface area contributed by atoms with E-state index in [9.17, 15) is 25.1 Å². The van der Waals surface area contributed by atoms with Gasteiger partial charge in [0.1, 0.15) is 12.1 Å². The van der Waals surface area contributed by atoms with Gasteiger partial charge in [0.05, 0.1) is 5.54 Å². The molecule has 2 heterocycles. The third kappa shape index (κ3) is 5.63. The van der Waals surface area contributed by atoms with Crippen LogP contribution in [0.25, 0.3) is 0 Å². The second-order valence-electron chi connectivity index (χ2n) is 12.2. The first kappa shape index (κ1) is 27.4. The molecule has 2 fully saturated rings. The number of benzene rings is 1. The summed E-state index contributed by atoms with van der Waals surface area (Å²) >= 11 is 0. The van der Waals surface area contributed by atoms with E-state index < -0.39 is 46.4 Å². The summed E-state index contributed by atoms with van der Waals surface area (Å²) in [5.41, 5.74) is -0.854. The van der Waals surface area contributed by atoms with Crippen molar-refractivity contribution in [1.29, 1.82) is 0 Å². The van der Waals surface area contributed by atoms with E-state index in [2.05, 4.69) is 5.32 Å². The van der Waals surface area contributed by atoms with Crippen LogP contribution >= 0.6 is 0 Å². The first-order chi connectivity index (χ1) is 16.0. The number of hydroxylamine groups is 4. The monoisotopic (exact) mass is 489 g/mol. The van der Waals surface area contributed by atoms with Gasteiger partial charge in [0, 0.05) is 35.9 Å². The maximum Gasteiger partial charge on any atom is 0.408 e. The van der Waals surface area contributed by atoms with Crippen molar-refractivity contribution in [3.63, 3.8) is 0 Å². The molecule has 194 valence electrons. The van der Waals surface area contributed by atoms with E-state index in [4.69, 9.17) is 4.74 Å². The van der Waals surface area contributed by atoms with Gasteiger partial charge in [-0.15, -0.1) is 20.5 Å². The number of aliphatic carboxylic acids is 1. The van der Waals surface area contributed by atoms with Crippen LogP contribution in [0, 0.1) is 0 Å². The van der Waals surface area contributed by atoms with E-state index in [-0.39, 0.29) is 6.42 Å². The van der Waals surface area contributed by atoms with Crippen LogP contribution in [0.4, 0.5) is 4.79 Å². The highest BCUT2D eigenvalue weighted by Gasteiger charge is 2.49. The molecule has 1 aromatic carbocycles. The number of rotatable bonds is 6. The van der Waals surface area contributed by atoms with Crippen molar-refractivity contribution in [3.8, 4) is 0 Å². The van der Waals surface area contributed by atoms with Crippen LogP contribution in [0.2, 0.25) is 0 Å². The van der Waals surface area contributed by atoms with Gasteiger partial charge in [0.25, 0.3) is 0 Å². The minimum Gasteiger partial charge on any atom is -0.480 e. The summed E-state index contributed by atoms with van der Waals surface area (Å²) in [7, 11) is 0. The molecule has 0 aromatic heterocycles. The van der Waals surface area contributed by atoms with E-state index in [0.29, 0.717) is 12.8 Å². The minimum absolute atomic E-state index is 0.0734. The molecule has 2 aliphatic rings. The lowest BCUT2D eigenvalue weighted by Gasteiger charge is -2.49. The van der Waals surface area contributed by atoms with Crippen LogP contribution in [0.5, 0.6) is 0 Å². The quantitative estimate of drug-likeness (QED) is 0.617. The summed E-state index contributed by atoms with van der Waals surface area (Å²) in [5.74, 6) is -1.17. The highest BCUT2D eigenvalue weighted by molar-refractivity contribution is 5.80. The van der Waals surface area contributed by atoms with Gasteiger partial charge in [-0.1, -0.05) is 24.3 Å². The molecule has 2 radical (unpaired) electrons. The average molecular weight is 490 g/mol. The molecular weight excluding hydrogens is 450 g/mol. The summed E-state index contributed by atoms with van der Waals surface area (Å²) in [5, 5.41) is 39.7. The van der Waals surface area contributed by atoms with Crippen molar-refractivity contribution < 1.29 is 29.8 Å². The topological polar surface area (TPSA) is 122 Å². The molecule has 2 saturated heterocycles. The zero-order valence-electron chi connectivity index (χ0n) is 21.9. The lowest BCUT2D eigenvalue weighted by molar-refractivity contribution is -0.298. The Morgan fingerprint density at radius 2 is 1.49 bits per heavy atom. The summed E-state index contributed by atoms with van der Waals surface area (Å²) in [4.78, 5) is 24.4. The van der Waals surface area contributed by atoms with E-state index in [1.165, 1.54) is 0 Å². The Morgan fingerprint density at radius 3 is 1.94 bits per heavy atom. The zero-order chi connectivity index (χ0) is 26.4. The van der Waals surface area contributed by atoms with Gasteiger partial charge in [-0.3, -0.25) is 0 Å². The van der Waals surface area contributed by atoms with E-state index >= 15 is 0 Å². The lowest BCUT2D eigenvalue weighted by atomic mass is 9.80. The van der Waals surface area contributed by atoms with Crippen molar-refractivity contribution in [2.24, 2.45) is 0 Å². The predicted octanol–water partition coefficient (Wildman–Crippen LogP) is 4.21. The SMILES string of the molecule is CC1(C)CC(OC(=O)NC(Cc2ccc(C3(C)CCC(C)(C)N3[O])cc2)C(=O)O)CC(C)(C)N1[O]. The molecule has 1 amide bonds. The molecule has 1 aromatic rings. The molecule has 3 rings (SSSR count). The first-order valence-corrected chi connectivity index (χ1v) is 12.2. The molecule has 35 heavy (non-hydrogen) atoms. The summed E-state index contributed by atoms with van der Waals surface area (Å²) in [6.07, 6.45) is 1.02. The molecule has 9 heteroatoms. The Balaban J connectivity index is 1.64. The van der Waals surface area contributed by atoms with Crippen LogP contribution < -0.4 is 5.32 Å². The van der Waals surface area contributed by atoms with E-state index in [1.54, 1.807) is 39.8 Å². The van der Waals surface area contributed by atoms with Gasteiger partial charge < -0.3 is 15.2 Å². The van der Waals surface area contributed by atoms with Gasteiger partial charge in [-0.25, -0.2) is 9.59 Å². The van der Waals surface area contributed by atoms with Crippen molar-refractivity contribution >= 4 is 12.1 Å². The van der Waals surface area contributed by atoms with Crippen LogP contribution in [-0.2, 0) is 31.9 Å². The molecule has 2 atom stereocenters. The number of carbonyl (C=O) groups excluding carboxylic acids is 1. The minimum atomic E-state index is -1.18. The largest absolute Gasteiger partial charge is 0.480 e. The van der Waals surface area contributed by atoms with E-state index in [1.807, 2.05) is 32.9 Å². The lowest BCUT2D eigenvalue weighted by Crippen LogP contribution is -2.60. The zero-order valence-corrected chi connectivity index (χ0v) is 21.9. The van der Waals surface area contributed by atoms with Crippen molar-refractivity contribution in [2.45, 2.75) is 115 Å². The van der Waals surface area contributed by atoms with Gasteiger partial charge in [-0.2, -0.15) is 0 Å². The molecule has 2 unspecified atom stereocenters. The molecular formula is C26H39N3O6. The predicted molar refractivity (Wildman–Crippen MR) is 128 cm³/mol. The number of carboxylic acids is 1. The third-order valence-corrected chi connectivity index (χ3v) is 7.66. The fourth-order valence-electron chi connectivity index (χ4n) is 5.70. The molecule has 9 nitrogen and oxygen atoms in total. The van der Waals surface area contributed by atoms with Crippen LogP contribution in [-0.4, -0.2) is 56.1 Å². The summed E-state index contributed by atoms with van der Waals surface area (Å²) in [6.45, 7) is 13.0. The number of nitrogens with zero attached hydrogens (tertiary/aromatic N) is 2. The number of piperidine rings is 1. The highest BCUT2D eigenvalue weighted by atomic mass is 16.6. The fourth-order valence-corrected chi connectivity index (χ4v) is 5.70. The van der Waals surface area contributed by atoms with Gasteiger partial charge >= 0.3 is 12.1 Å². The molecule has 0 bridgehead atoms. The average Bonchev–Trinajstić information content (AvgIpc) is 2.95. The van der Waals surface area contributed by atoms with Gasteiger partial charge in [0.2, 0.25) is 0 Å². The molecule has 2 N–H and O–H groups in total. The fraction of sp³-hybridized carbons (Fsp3) is 0.692. The molecule has 0 saturated carbocycles. The van der Waals surface area contributed by atoms with Gasteiger partial charge in [0.15, 0.2) is 0 Å². The number of carbonyl (C=O) groups is 2. The van der Waals surface area contributed by atoms with Crippen molar-refractivity contribution in [2.75, 3.05) is 0 Å². The Labute approximate surface area is 208 Å². The number of carboxylic acid groups (broad SMARTS) is 1. The maximum absolute atomic E-state index is 12.8. The number of nitrogens with one attached hydrogen (secondary N) is 1. The Hall–Kier alpha value is -2.20. The Bertz CT molecular complexity index is 927. The Kier molecular flexibility index (Phi) is 7.32. The second kappa shape index (κ2) is 9.35. The standard InChI is InChI=1S/C26H39N3O6/c1-23(2)12-13-26(7,29(23)34)18-10-8-17(9-11-18)14-20(21(30)31)27-22(32)35-19-15-24(3,4)28(33)25(5,6)16-19/h8-11,19-20H,12-16H2,1-7H3,(H,27,32)(H,30,31). The number of hydrogen-bond donors (Lipinski definition) is 2. The maximum atomic E-state index is 12.8. The van der Waals surface area contributed by atoms with Crippen molar-refractivity contribution in [1.82, 2.24) is 15.4 Å². The first-order valence-electron chi connectivity index (χ1n) is 12.2. The third-order valence-electron chi connectivity index (χ3n) is 7.66. The van der Waals surface area contributed by atoms with E-state index in [0.717, 1.165) is 34.1 Å². The number of alkyl carbamates (subject to hydrolysis) is 1. The van der Waals surface area contributed by atoms with Crippen LogP contribution in [0.3, 0.4) is 0 Å². The van der Waals surface area contributed by atoms with Crippen LogP contribution in [0.1, 0.15) is 85.3 Å². The number of amides is 1. The Morgan fingerprint density at radius 1 is 0.943 bits per heavy atom. The van der Waals surface area contributed by atoms with Crippen LogP contribution in [0.15, 0.2) is 24.3 Å². The molecule has 0 aliphatic carbocycles. The molecule has 2 aliphatic heterocycles. The summed E-state index contributed by atoms with van der Waals surface area (Å²) < 4.78 is 5.54. The number of hydrogen-bond acceptors (Lipinski definition) is 5. The summed E-state index contributed by atoms with van der Waals surface area (Å²) in [6, 6.07) is 6.15. The second-order valence-corrected chi connectivity index (χ2v) is 12.2. The number of ether oxygens (including phenoxy) is 1. The van der Waals surface area contributed by atoms with Crippen molar-refractivity contribution in [3.05, 3.63) is 35.4 Å². The smallest absolute Gasteiger partial charge is 0.408 e. The normalized spacial score (nSPS) is 27.3.